The summed E-state index contributed by atoms with van der Waals surface area (Å²) in [6.45, 7) is 2.71. The lowest BCUT2D eigenvalue weighted by molar-refractivity contribution is 0.0945. The van der Waals surface area contributed by atoms with Crippen LogP contribution in [-0.2, 0) is 6.54 Å². The van der Waals surface area contributed by atoms with Crippen LogP contribution in [0.2, 0.25) is 5.02 Å². The second-order valence-electron chi connectivity index (χ2n) is 4.19. The van der Waals surface area contributed by atoms with Gasteiger partial charge in [0.1, 0.15) is 11.4 Å². The molecule has 6 nitrogen and oxygen atoms in total. The van der Waals surface area contributed by atoms with Crippen LogP contribution < -0.4 is 15.6 Å². The minimum absolute atomic E-state index is 0.145. The van der Waals surface area contributed by atoms with E-state index in [1.165, 1.54) is 12.1 Å². The van der Waals surface area contributed by atoms with Gasteiger partial charge in [0.2, 0.25) is 0 Å². The van der Waals surface area contributed by atoms with Crippen LogP contribution in [0.1, 0.15) is 23.0 Å². The van der Waals surface area contributed by atoms with Crippen molar-refractivity contribution in [2.75, 3.05) is 6.61 Å². The molecule has 2 N–H and O–H groups in total. The summed E-state index contributed by atoms with van der Waals surface area (Å²) in [6, 6.07) is 7.91. The van der Waals surface area contributed by atoms with E-state index in [1.807, 2.05) is 13.0 Å². The van der Waals surface area contributed by atoms with E-state index in [0.29, 0.717) is 23.9 Å². The van der Waals surface area contributed by atoms with Gasteiger partial charge in [-0.2, -0.15) is 5.10 Å². The van der Waals surface area contributed by atoms with Crippen LogP contribution in [-0.4, -0.2) is 22.7 Å². The van der Waals surface area contributed by atoms with Gasteiger partial charge in [-0.15, -0.1) is 0 Å². The first-order chi connectivity index (χ1) is 10.1. The molecule has 0 saturated carbocycles. The van der Waals surface area contributed by atoms with Crippen LogP contribution in [0.25, 0.3) is 0 Å². The van der Waals surface area contributed by atoms with Gasteiger partial charge in [-0.25, -0.2) is 5.10 Å². The van der Waals surface area contributed by atoms with E-state index in [4.69, 9.17) is 16.3 Å². The Labute approximate surface area is 126 Å². The molecule has 0 aliphatic heterocycles. The molecule has 0 bridgehead atoms. The third kappa shape index (κ3) is 4.06. The van der Waals surface area contributed by atoms with E-state index in [2.05, 4.69) is 15.5 Å². The lowest BCUT2D eigenvalue weighted by atomic mass is 10.2. The zero-order chi connectivity index (χ0) is 15.2. The fourth-order valence-electron chi connectivity index (χ4n) is 1.67. The molecule has 0 fully saturated rings. The Kier molecular flexibility index (Phi) is 4.94. The molecule has 0 saturated heterocycles. The summed E-state index contributed by atoms with van der Waals surface area (Å²) in [5.74, 6) is 0.229. The van der Waals surface area contributed by atoms with E-state index in [1.54, 1.807) is 12.1 Å². The van der Waals surface area contributed by atoms with Crippen LogP contribution in [0, 0.1) is 0 Å². The summed E-state index contributed by atoms with van der Waals surface area (Å²) in [4.78, 5) is 22.7. The van der Waals surface area contributed by atoms with Crippen LogP contribution >= 0.6 is 11.6 Å². The first-order valence-corrected chi connectivity index (χ1v) is 6.73. The molecule has 7 heteroatoms. The van der Waals surface area contributed by atoms with E-state index >= 15 is 0 Å². The number of hydrogen-bond acceptors (Lipinski definition) is 4. The van der Waals surface area contributed by atoms with Gasteiger partial charge in [-0.3, -0.25) is 9.59 Å². The number of ether oxygens (including phenoxy) is 1. The number of amides is 1. The van der Waals surface area contributed by atoms with Crippen molar-refractivity contribution in [1.82, 2.24) is 15.5 Å². The number of nitrogens with one attached hydrogen (secondary N) is 2. The molecule has 21 heavy (non-hydrogen) atoms. The highest BCUT2D eigenvalue weighted by Crippen LogP contribution is 2.25. The van der Waals surface area contributed by atoms with E-state index < -0.39 is 0 Å². The Morgan fingerprint density at radius 1 is 1.38 bits per heavy atom. The van der Waals surface area contributed by atoms with E-state index in [9.17, 15) is 9.59 Å². The lowest BCUT2D eigenvalue weighted by Crippen LogP contribution is -2.25. The fourth-order valence-corrected chi connectivity index (χ4v) is 1.93. The Hall–Kier alpha value is -2.34. The number of halogens is 1. The number of hydrogen-bond donors (Lipinski definition) is 2. The SMILES string of the molecule is CCOc1ccc(CNC(=O)c2ccc(=O)[nH]n2)cc1Cl. The lowest BCUT2D eigenvalue weighted by Gasteiger charge is -2.08. The molecule has 2 aromatic rings. The second kappa shape index (κ2) is 6.90. The molecule has 0 spiro atoms. The van der Waals surface area contributed by atoms with Gasteiger partial charge in [-0.05, 0) is 30.7 Å². The molecule has 0 aliphatic rings. The molecule has 110 valence electrons. The minimum atomic E-state index is -0.378. The van der Waals surface area contributed by atoms with Crippen LogP contribution in [0.4, 0.5) is 0 Å². The third-order valence-electron chi connectivity index (χ3n) is 2.66. The highest BCUT2D eigenvalue weighted by molar-refractivity contribution is 6.32. The highest BCUT2D eigenvalue weighted by Gasteiger charge is 2.08. The van der Waals surface area contributed by atoms with Crippen molar-refractivity contribution < 1.29 is 9.53 Å². The molecule has 1 aromatic heterocycles. The normalized spacial score (nSPS) is 10.2. The second-order valence-corrected chi connectivity index (χ2v) is 4.59. The summed E-state index contributed by atoms with van der Waals surface area (Å²) >= 11 is 6.07. The number of aromatic amines is 1. The Bertz CT molecular complexity index is 680. The first-order valence-electron chi connectivity index (χ1n) is 6.35. The number of aromatic nitrogens is 2. The van der Waals surface area contributed by atoms with E-state index in [0.717, 1.165) is 5.56 Å². The number of carbonyl (C=O) groups is 1. The molecule has 0 unspecified atom stereocenters. The zero-order valence-electron chi connectivity index (χ0n) is 11.4. The van der Waals surface area contributed by atoms with Crippen molar-refractivity contribution in [2.24, 2.45) is 0 Å². The Balaban J connectivity index is 1.99. The standard InChI is InChI=1S/C14H14ClN3O3/c1-2-21-12-5-3-9(7-10(12)15)8-16-14(20)11-4-6-13(19)18-17-11/h3-7H,2,8H2,1H3,(H,16,20)(H,18,19). The number of carbonyl (C=O) groups excluding carboxylic acids is 1. The number of nitrogens with zero attached hydrogens (tertiary/aromatic N) is 1. The maximum Gasteiger partial charge on any atom is 0.271 e. The smallest absolute Gasteiger partial charge is 0.271 e. The average molecular weight is 308 g/mol. The Morgan fingerprint density at radius 2 is 2.19 bits per heavy atom. The van der Waals surface area contributed by atoms with Gasteiger partial charge < -0.3 is 10.1 Å². The highest BCUT2D eigenvalue weighted by atomic mass is 35.5. The van der Waals surface area contributed by atoms with Crippen molar-refractivity contribution in [3.63, 3.8) is 0 Å². The average Bonchev–Trinajstić information content (AvgIpc) is 2.48. The molecule has 0 atom stereocenters. The minimum Gasteiger partial charge on any atom is -0.492 e. The first kappa shape index (κ1) is 15.1. The summed E-state index contributed by atoms with van der Waals surface area (Å²) < 4.78 is 5.33. The number of benzene rings is 1. The molecular formula is C14H14ClN3O3. The van der Waals surface area contributed by atoms with Crippen molar-refractivity contribution in [3.05, 3.63) is 57.0 Å². The molecule has 1 amide bonds. The largest absolute Gasteiger partial charge is 0.492 e. The molecule has 0 radical (unpaired) electrons. The van der Waals surface area contributed by atoms with E-state index in [-0.39, 0.29) is 17.2 Å². The van der Waals surface area contributed by atoms with Gasteiger partial charge in [-0.1, -0.05) is 17.7 Å². The van der Waals surface area contributed by atoms with Crippen molar-refractivity contribution in [2.45, 2.75) is 13.5 Å². The topological polar surface area (TPSA) is 84.1 Å². The quantitative estimate of drug-likeness (QED) is 0.881. The fraction of sp³-hybridized carbons (Fsp3) is 0.214. The Morgan fingerprint density at radius 3 is 2.81 bits per heavy atom. The molecular weight excluding hydrogens is 294 g/mol. The van der Waals surface area contributed by atoms with Crippen LogP contribution in [0.3, 0.4) is 0 Å². The van der Waals surface area contributed by atoms with Crippen molar-refractivity contribution in [1.29, 1.82) is 0 Å². The molecule has 1 heterocycles. The van der Waals surface area contributed by atoms with Crippen LogP contribution in [0.15, 0.2) is 35.1 Å². The third-order valence-corrected chi connectivity index (χ3v) is 2.96. The van der Waals surface area contributed by atoms with Crippen molar-refractivity contribution in [3.8, 4) is 5.75 Å². The van der Waals surface area contributed by atoms with Gasteiger partial charge in [0, 0.05) is 12.6 Å². The van der Waals surface area contributed by atoms with Gasteiger partial charge in [0.25, 0.3) is 11.5 Å². The van der Waals surface area contributed by atoms with Gasteiger partial charge >= 0.3 is 0 Å². The maximum atomic E-state index is 11.8. The van der Waals surface area contributed by atoms with Gasteiger partial charge in [0.15, 0.2) is 0 Å². The van der Waals surface area contributed by atoms with Crippen molar-refractivity contribution >= 4 is 17.5 Å². The number of rotatable bonds is 5. The summed E-state index contributed by atoms with van der Waals surface area (Å²) in [7, 11) is 0. The summed E-state index contributed by atoms with van der Waals surface area (Å²) in [6.07, 6.45) is 0. The molecule has 2 rings (SSSR count). The number of H-pyrrole nitrogens is 1. The maximum absolute atomic E-state index is 11.8. The molecule has 1 aromatic carbocycles. The molecule has 0 aliphatic carbocycles. The monoisotopic (exact) mass is 307 g/mol. The zero-order valence-corrected chi connectivity index (χ0v) is 12.1. The summed E-state index contributed by atoms with van der Waals surface area (Å²) in [5, 5.41) is 9.04. The van der Waals surface area contributed by atoms with Gasteiger partial charge in [0.05, 0.1) is 11.6 Å². The predicted molar refractivity (Wildman–Crippen MR) is 78.6 cm³/mol. The summed E-state index contributed by atoms with van der Waals surface area (Å²) in [5.41, 5.74) is 0.623. The predicted octanol–water partition coefficient (Wildman–Crippen LogP) is 1.75. The van der Waals surface area contributed by atoms with Crippen LogP contribution in [0.5, 0.6) is 5.75 Å².